The van der Waals surface area contributed by atoms with Gasteiger partial charge in [-0.1, -0.05) is 169 Å². The third-order valence-corrected chi connectivity index (χ3v) is 16.8. The Bertz CT molecular complexity index is 4300. The molecule has 0 saturated heterocycles. The van der Waals surface area contributed by atoms with Gasteiger partial charge in [0, 0.05) is 72.1 Å². The van der Waals surface area contributed by atoms with Crippen LogP contribution in [0.15, 0.2) is 203 Å². The zero-order chi connectivity index (χ0) is 48.4. The second-order valence-corrected chi connectivity index (χ2v) is 21.8. The van der Waals surface area contributed by atoms with Crippen molar-refractivity contribution in [3.63, 3.8) is 0 Å². The maximum Gasteiger partial charge on any atom is 0.145 e. The molecule has 4 nitrogen and oxygen atoms in total. The highest BCUT2D eigenvalue weighted by atomic mass is 16.3. The first kappa shape index (κ1) is 41.3. The molecule has 0 amide bonds. The van der Waals surface area contributed by atoms with Crippen LogP contribution in [0.3, 0.4) is 0 Å². The van der Waals surface area contributed by atoms with Crippen LogP contribution in [0.5, 0.6) is 0 Å². The second kappa shape index (κ2) is 14.3. The summed E-state index contributed by atoms with van der Waals surface area (Å²) in [6, 6.07) is 68.7. The van der Waals surface area contributed by atoms with E-state index in [0.29, 0.717) is 0 Å². The fraction of sp³-hybridized carbons (Fsp3) is 0.132. The zero-order valence-electron chi connectivity index (χ0n) is 41.2. The number of nitrogens with zero attached hydrogens (tertiary/aromatic N) is 2. The fourth-order valence-electron chi connectivity index (χ4n) is 13.6. The molecule has 3 heterocycles. The Balaban J connectivity index is 0.977. The van der Waals surface area contributed by atoms with Crippen LogP contribution in [0.1, 0.15) is 74.9 Å². The molecule has 15 rings (SSSR count). The molecule has 3 aliphatic carbocycles. The van der Waals surface area contributed by atoms with Crippen molar-refractivity contribution in [3.05, 3.63) is 228 Å². The summed E-state index contributed by atoms with van der Waals surface area (Å²) in [5.74, 6) is 0. The van der Waals surface area contributed by atoms with E-state index >= 15 is 0 Å². The second-order valence-electron chi connectivity index (χ2n) is 21.8. The molecular formula is C68H50N2O2. The quantitative estimate of drug-likeness (QED) is 0.172. The van der Waals surface area contributed by atoms with Gasteiger partial charge in [0.15, 0.2) is 0 Å². The minimum Gasteiger partial charge on any atom is -0.455 e. The van der Waals surface area contributed by atoms with Gasteiger partial charge in [-0.15, -0.1) is 0 Å². The third-order valence-electron chi connectivity index (χ3n) is 16.8. The monoisotopic (exact) mass is 926 g/mol. The smallest absolute Gasteiger partial charge is 0.145 e. The van der Waals surface area contributed by atoms with Gasteiger partial charge in [0.2, 0.25) is 0 Å². The molecule has 0 unspecified atom stereocenters. The van der Waals surface area contributed by atoms with Crippen LogP contribution in [-0.2, 0) is 16.2 Å². The van der Waals surface area contributed by atoms with E-state index in [4.69, 9.17) is 13.8 Å². The topological polar surface area (TPSA) is 42.4 Å². The van der Waals surface area contributed by atoms with Gasteiger partial charge in [0.05, 0.1) is 11.4 Å². The van der Waals surface area contributed by atoms with Crippen LogP contribution < -0.4 is 4.90 Å². The Morgan fingerprint density at radius 2 is 0.931 bits per heavy atom. The highest BCUT2D eigenvalue weighted by Gasteiger charge is 2.49. The number of furan rings is 2. The molecule has 0 radical (unpaired) electrons. The number of hydrogen-bond acceptors (Lipinski definition) is 4. The minimum atomic E-state index is -0.355. The van der Waals surface area contributed by atoms with Crippen molar-refractivity contribution < 1.29 is 8.83 Å². The summed E-state index contributed by atoms with van der Waals surface area (Å²) in [6.07, 6.45) is 1.87. The Morgan fingerprint density at radius 1 is 0.389 bits per heavy atom. The Hall–Kier alpha value is -8.47. The summed E-state index contributed by atoms with van der Waals surface area (Å²) in [6.45, 7) is 14.5. The largest absolute Gasteiger partial charge is 0.455 e. The molecule has 4 heteroatoms. The molecule has 0 aliphatic heterocycles. The van der Waals surface area contributed by atoms with Gasteiger partial charge in [-0.05, 0) is 127 Å². The van der Waals surface area contributed by atoms with Crippen LogP contribution in [0.4, 0.5) is 17.1 Å². The van der Waals surface area contributed by atoms with Crippen molar-refractivity contribution in [2.45, 2.75) is 57.8 Å². The molecule has 0 N–H and O–H groups in total. The molecule has 3 aliphatic rings. The predicted octanol–water partition coefficient (Wildman–Crippen LogP) is 18.6. The molecule has 0 bridgehead atoms. The number of aromatic nitrogens is 1. The first-order valence-corrected chi connectivity index (χ1v) is 25.3. The highest BCUT2D eigenvalue weighted by Crippen LogP contribution is 2.64. The van der Waals surface area contributed by atoms with E-state index in [2.05, 4.69) is 228 Å². The van der Waals surface area contributed by atoms with Gasteiger partial charge in [0.1, 0.15) is 22.3 Å². The van der Waals surface area contributed by atoms with Gasteiger partial charge >= 0.3 is 0 Å². The van der Waals surface area contributed by atoms with E-state index in [1.165, 1.54) is 83.3 Å². The summed E-state index contributed by atoms with van der Waals surface area (Å²) in [7, 11) is 0. The van der Waals surface area contributed by atoms with Crippen molar-refractivity contribution in [2.24, 2.45) is 0 Å². The minimum absolute atomic E-state index is 0.243. The van der Waals surface area contributed by atoms with Gasteiger partial charge in [-0.25, -0.2) is 0 Å². The lowest BCUT2D eigenvalue weighted by atomic mass is 9.72. The number of anilines is 3. The maximum absolute atomic E-state index is 7.02. The van der Waals surface area contributed by atoms with Crippen molar-refractivity contribution in [3.8, 4) is 55.8 Å². The summed E-state index contributed by atoms with van der Waals surface area (Å²) < 4.78 is 13.8. The van der Waals surface area contributed by atoms with Gasteiger partial charge in [0.25, 0.3) is 0 Å². The maximum atomic E-state index is 7.02. The molecule has 0 fully saturated rings. The standard InChI is InChI=1S/C68H50N2O2/c1-66(2)50-36-40(31-33-44(50)57-52(66)38-48(53-27-18-19-35-69-53)64-59(57)46-24-12-16-29-55(46)71-64)70(54-28-15-11-22-42(54)39-20-8-7-9-21-39)41-32-34-45-51(37-41)68(5,6)62-58(45)60-47-25-13-17-30-56(47)72-65(60)61-43-23-10-14-26-49(43)67(3,4)63(61)62/h7-38H,1-6H3. The molecular weight excluding hydrogens is 877 g/mol. The average Bonchev–Trinajstić information content (AvgIpc) is 4.16. The van der Waals surface area contributed by atoms with Gasteiger partial charge in [-0.2, -0.15) is 0 Å². The number of benzene rings is 9. The third kappa shape index (κ3) is 5.34. The molecule has 0 spiro atoms. The van der Waals surface area contributed by atoms with Crippen LogP contribution in [0, 0.1) is 0 Å². The summed E-state index contributed by atoms with van der Waals surface area (Å²) in [5.41, 5.74) is 25.9. The van der Waals surface area contributed by atoms with Gasteiger partial charge in [-0.3, -0.25) is 4.98 Å². The summed E-state index contributed by atoms with van der Waals surface area (Å²) >= 11 is 0. The Kier molecular flexibility index (Phi) is 8.23. The lowest BCUT2D eigenvalue weighted by Crippen LogP contribution is -2.24. The lowest BCUT2D eigenvalue weighted by Gasteiger charge is -2.32. The zero-order valence-corrected chi connectivity index (χ0v) is 41.2. The normalized spacial score (nSPS) is 15.1. The first-order chi connectivity index (χ1) is 35.0. The van der Waals surface area contributed by atoms with Crippen molar-refractivity contribution in [1.29, 1.82) is 0 Å². The number of fused-ring (bicyclic) bond motifs is 19. The molecule has 3 aromatic heterocycles. The number of rotatable bonds is 5. The van der Waals surface area contributed by atoms with Crippen LogP contribution in [0.25, 0.3) is 99.6 Å². The number of hydrogen-bond donors (Lipinski definition) is 0. The molecule has 344 valence electrons. The number of para-hydroxylation sites is 3. The number of pyridine rings is 1. The van der Waals surface area contributed by atoms with Crippen LogP contribution in [0.2, 0.25) is 0 Å². The van der Waals surface area contributed by atoms with Crippen molar-refractivity contribution in [2.75, 3.05) is 4.90 Å². The summed E-state index contributed by atoms with van der Waals surface area (Å²) in [4.78, 5) is 7.38. The molecule has 9 aromatic carbocycles. The van der Waals surface area contributed by atoms with E-state index in [9.17, 15) is 0 Å². The molecule has 72 heavy (non-hydrogen) atoms. The van der Waals surface area contributed by atoms with Gasteiger partial charge < -0.3 is 13.7 Å². The lowest BCUT2D eigenvalue weighted by molar-refractivity contribution is 0.600. The molecule has 0 atom stereocenters. The van der Waals surface area contributed by atoms with E-state index in [-0.39, 0.29) is 16.2 Å². The van der Waals surface area contributed by atoms with Crippen LogP contribution in [-0.4, -0.2) is 4.98 Å². The Labute approximate surface area is 418 Å². The SMILES string of the molecule is CC1(C)c2cc(N(c3ccc4c(c3)C(C)(C)c3c5c(c6oc7ccccc7c6c3-4)-c3ccccc3C5(C)C)c3ccccc3-c3ccccc3)ccc2-c2c1cc(-c1ccccn1)c1oc3ccccc3c21. The average molecular weight is 927 g/mol. The van der Waals surface area contributed by atoms with E-state index in [0.717, 1.165) is 66.8 Å². The highest BCUT2D eigenvalue weighted by molar-refractivity contribution is 6.21. The predicted molar refractivity (Wildman–Crippen MR) is 297 cm³/mol. The van der Waals surface area contributed by atoms with Crippen LogP contribution >= 0.6 is 0 Å². The van der Waals surface area contributed by atoms with E-state index < -0.39 is 0 Å². The van der Waals surface area contributed by atoms with Crippen molar-refractivity contribution >= 4 is 60.9 Å². The Morgan fingerprint density at radius 3 is 1.64 bits per heavy atom. The van der Waals surface area contributed by atoms with Crippen molar-refractivity contribution in [1.82, 2.24) is 4.98 Å². The molecule has 12 aromatic rings. The van der Waals surface area contributed by atoms with E-state index in [1.54, 1.807) is 0 Å². The first-order valence-electron chi connectivity index (χ1n) is 25.3. The molecule has 0 saturated carbocycles. The fourth-order valence-corrected chi connectivity index (χ4v) is 13.6. The van der Waals surface area contributed by atoms with E-state index in [1.807, 2.05) is 12.3 Å². The summed E-state index contributed by atoms with van der Waals surface area (Å²) in [5, 5.41) is 4.64.